The highest BCUT2D eigenvalue weighted by Gasteiger charge is 2.35. The number of piperidine rings is 1. The highest BCUT2D eigenvalue weighted by Crippen LogP contribution is 2.26. The minimum atomic E-state index is -3.60. The Labute approximate surface area is 196 Å². The highest BCUT2D eigenvalue weighted by molar-refractivity contribution is 7.98. The van der Waals surface area contributed by atoms with E-state index < -0.39 is 10.0 Å². The molecule has 6 nitrogen and oxygen atoms in total. The van der Waals surface area contributed by atoms with Crippen LogP contribution in [-0.4, -0.2) is 75.4 Å². The smallest absolute Gasteiger partial charge is 0.243 e. The lowest BCUT2D eigenvalue weighted by molar-refractivity contribution is -0.0413. The maximum atomic E-state index is 13.7. The number of morpholine rings is 1. The van der Waals surface area contributed by atoms with Crippen molar-refractivity contribution in [3.05, 3.63) is 60.2 Å². The summed E-state index contributed by atoms with van der Waals surface area (Å²) in [5.41, 5.74) is 1.27. The summed E-state index contributed by atoms with van der Waals surface area (Å²) in [5, 5.41) is 3.35. The molecule has 4 rings (SSSR count). The van der Waals surface area contributed by atoms with Gasteiger partial charge in [-0.15, -0.1) is 11.8 Å². The molecule has 2 aromatic rings. The molecule has 2 saturated heterocycles. The summed E-state index contributed by atoms with van der Waals surface area (Å²) >= 11 is 1.61. The van der Waals surface area contributed by atoms with Crippen molar-refractivity contribution in [1.29, 1.82) is 0 Å². The van der Waals surface area contributed by atoms with E-state index >= 15 is 0 Å². The summed E-state index contributed by atoms with van der Waals surface area (Å²) in [6, 6.07) is 17.6. The van der Waals surface area contributed by atoms with Crippen molar-refractivity contribution in [2.75, 3.05) is 45.6 Å². The van der Waals surface area contributed by atoms with Gasteiger partial charge in [-0.25, -0.2) is 8.42 Å². The molecule has 2 heterocycles. The molecule has 2 aliphatic rings. The van der Waals surface area contributed by atoms with Gasteiger partial charge in [0.2, 0.25) is 10.0 Å². The van der Waals surface area contributed by atoms with E-state index in [0.29, 0.717) is 18.0 Å². The van der Waals surface area contributed by atoms with Crippen molar-refractivity contribution in [3.63, 3.8) is 0 Å². The summed E-state index contributed by atoms with van der Waals surface area (Å²) in [6.07, 6.45) is 3.50. The second-order valence-electron chi connectivity index (χ2n) is 8.44. The van der Waals surface area contributed by atoms with Crippen molar-refractivity contribution in [1.82, 2.24) is 14.5 Å². The monoisotopic (exact) mass is 475 g/mol. The van der Waals surface area contributed by atoms with Gasteiger partial charge in [-0.2, -0.15) is 4.31 Å². The van der Waals surface area contributed by atoms with Crippen LogP contribution in [0.4, 0.5) is 0 Å². The third-order valence-corrected chi connectivity index (χ3v) is 8.91. The van der Waals surface area contributed by atoms with Crippen LogP contribution in [0.25, 0.3) is 0 Å². The van der Waals surface area contributed by atoms with Crippen molar-refractivity contribution in [2.24, 2.45) is 0 Å². The van der Waals surface area contributed by atoms with Crippen molar-refractivity contribution in [3.8, 4) is 0 Å². The lowest BCUT2D eigenvalue weighted by atomic mass is 10.1. The zero-order valence-corrected chi connectivity index (χ0v) is 20.3. The molecule has 32 heavy (non-hydrogen) atoms. The van der Waals surface area contributed by atoms with Gasteiger partial charge in [-0.05, 0) is 62.0 Å². The molecule has 1 unspecified atom stereocenters. The van der Waals surface area contributed by atoms with E-state index in [4.69, 9.17) is 4.74 Å². The Balaban J connectivity index is 1.51. The summed E-state index contributed by atoms with van der Waals surface area (Å²) in [4.78, 5) is 3.79. The van der Waals surface area contributed by atoms with E-state index in [9.17, 15) is 8.42 Å². The Morgan fingerprint density at radius 2 is 1.81 bits per heavy atom. The fourth-order valence-corrected chi connectivity index (χ4v) is 6.62. The molecule has 0 aliphatic carbocycles. The number of benzene rings is 2. The van der Waals surface area contributed by atoms with E-state index in [2.05, 4.69) is 34.5 Å². The fraction of sp³-hybridized carbons (Fsp3) is 0.500. The van der Waals surface area contributed by atoms with Crippen molar-refractivity contribution < 1.29 is 13.2 Å². The Hall–Kier alpha value is -1.42. The molecule has 0 spiro atoms. The standard InChI is InChI=1S/C24H33N3O3S2/c1-31-23-7-9-24(10-8-23)32(28,29)27(21-11-13-25-14-12-21)19-22-18-26(15-16-30-22)17-20-5-3-2-4-6-20/h2-10,21-22,25H,11-19H2,1H3. The van der Waals surface area contributed by atoms with Gasteiger partial charge in [-0.1, -0.05) is 30.3 Å². The molecule has 2 aliphatic heterocycles. The summed E-state index contributed by atoms with van der Waals surface area (Å²) in [7, 11) is -3.60. The van der Waals surface area contributed by atoms with Crippen LogP contribution in [0.5, 0.6) is 0 Å². The van der Waals surface area contributed by atoms with Crippen LogP contribution in [-0.2, 0) is 21.3 Å². The quantitative estimate of drug-likeness (QED) is 0.592. The number of nitrogens with one attached hydrogen (secondary N) is 1. The number of hydrogen-bond donors (Lipinski definition) is 1. The van der Waals surface area contributed by atoms with Gasteiger partial charge in [0.1, 0.15) is 0 Å². The Morgan fingerprint density at radius 3 is 2.50 bits per heavy atom. The zero-order chi connectivity index (χ0) is 22.4. The normalized spacial score (nSPS) is 21.1. The van der Waals surface area contributed by atoms with Gasteiger partial charge >= 0.3 is 0 Å². The lowest BCUT2D eigenvalue weighted by Gasteiger charge is -2.39. The molecule has 1 N–H and O–H groups in total. The predicted molar refractivity (Wildman–Crippen MR) is 129 cm³/mol. The molecule has 0 saturated carbocycles. The summed E-state index contributed by atoms with van der Waals surface area (Å²) < 4.78 is 35.2. The van der Waals surface area contributed by atoms with Gasteiger partial charge in [0, 0.05) is 37.1 Å². The van der Waals surface area contributed by atoms with Gasteiger partial charge in [0.15, 0.2) is 0 Å². The molecule has 2 fully saturated rings. The van der Waals surface area contributed by atoms with Gasteiger partial charge in [0.25, 0.3) is 0 Å². The van der Waals surface area contributed by atoms with Gasteiger partial charge in [-0.3, -0.25) is 4.90 Å². The number of nitrogens with zero attached hydrogens (tertiary/aromatic N) is 2. The molecule has 174 valence electrons. The van der Waals surface area contributed by atoms with E-state index in [-0.39, 0.29) is 12.1 Å². The van der Waals surface area contributed by atoms with Crippen LogP contribution in [0.3, 0.4) is 0 Å². The van der Waals surface area contributed by atoms with Crippen LogP contribution in [0, 0.1) is 0 Å². The van der Waals surface area contributed by atoms with Crippen LogP contribution in [0.15, 0.2) is 64.4 Å². The van der Waals surface area contributed by atoms with E-state index in [1.807, 2.05) is 24.5 Å². The molecule has 2 aromatic carbocycles. The minimum Gasteiger partial charge on any atom is -0.374 e. The molecule has 0 amide bonds. The number of rotatable bonds is 8. The first-order valence-electron chi connectivity index (χ1n) is 11.3. The third kappa shape index (κ3) is 5.92. The molecular weight excluding hydrogens is 442 g/mol. The second-order valence-corrected chi connectivity index (χ2v) is 11.2. The first-order chi connectivity index (χ1) is 15.6. The van der Waals surface area contributed by atoms with Crippen LogP contribution < -0.4 is 5.32 Å². The van der Waals surface area contributed by atoms with Gasteiger partial charge in [0.05, 0.1) is 17.6 Å². The van der Waals surface area contributed by atoms with Crippen LogP contribution >= 0.6 is 11.8 Å². The number of hydrogen-bond acceptors (Lipinski definition) is 6. The molecule has 0 bridgehead atoms. The Kier molecular flexibility index (Phi) is 8.26. The first-order valence-corrected chi connectivity index (χ1v) is 14.0. The predicted octanol–water partition coefficient (Wildman–Crippen LogP) is 3.05. The summed E-state index contributed by atoms with van der Waals surface area (Å²) in [6.45, 7) is 5.15. The Morgan fingerprint density at radius 1 is 1.09 bits per heavy atom. The SMILES string of the molecule is CSc1ccc(S(=O)(=O)N(CC2CN(Cc3ccccc3)CCO2)C2CCNCC2)cc1. The van der Waals surface area contributed by atoms with Crippen molar-refractivity contribution in [2.45, 2.75) is 41.3 Å². The topological polar surface area (TPSA) is 61.9 Å². The number of sulfonamides is 1. The number of thioether (sulfide) groups is 1. The zero-order valence-electron chi connectivity index (χ0n) is 18.7. The van der Waals surface area contributed by atoms with Crippen LogP contribution in [0.2, 0.25) is 0 Å². The number of ether oxygens (including phenoxy) is 1. The first kappa shape index (κ1) is 23.7. The average Bonchev–Trinajstić information content (AvgIpc) is 2.84. The molecule has 0 radical (unpaired) electrons. The minimum absolute atomic E-state index is 0.00502. The lowest BCUT2D eigenvalue weighted by Crippen LogP contribution is -2.53. The van der Waals surface area contributed by atoms with Gasteiger partial charge < -0.3 is 10.1 Å². The Bertz CT molecular complexity index is 948. The summed E-state index contributed by atoms with van der Waals surface area (Å²) in [5.74, 6) is 0. The molecular formula is C24H33N3O3S2. The second kappa shape index (κ2) is 11.1. The van der Waals surface area contributed by atoms with E-state index in [0.717, 1.165) is 50.5 Å². The molecule has 1 atom stereocenters. The maximum Gasteiger partial charge on any atom is 0.243 e. The maximum absolute atomic E-state index is 13.7. The third-order valence-electron chi connectivity index (χ3n) is 6.24. The average molecular weight is 476 g/mol. The van der Waals surface area contributed by atoms with E-state index in [1.54, 1.807) is 28.2 Å². The van der Waals surface area contributed by atoms with Crippen molar-refractivity contribution >= 4 is 21.8 Å². The molecule has 0 aromatic heterocycles. The fourth-order valence-electron chi connectivity index (χ4n) is 4.50. The largest absolute Gasteiger partial charge is 0.374 e. The highest BCUT2D eigenvalue weighted by atomic mass is 32.2. The van der Waals surface area contributed by atoms with E-state index in [1.165, 1.54) is 5.56 Å². The molecule has 8 heteroatoms. The van der Waals surface area contributed by atoms with Crippen LogP contribution in [0.1, 0.15) is 18.4 Å².